The van der Waals surface area contributed by atoms with Gasteiger partial charge in [-0.05, 0) is 13.8 Å². The van der Waals surface area contributed by atoms with Crippen molar-refractivity contribution < 1.29 is 0 Å². The molecule has 0 saturated heterocycles. The van der Waals surface area contributed by atoms with E-state index in [1.54, 1.807) is 11.3 Å². The molecule has 1 N–H and O–H groups in total. The van der Waals surface area contributed by atoms with Crippen LogP contribution in [0.4, 0.5) is 5.82 Å². The molecule has 2 aromatic rings. The monoisotopic (exact) mass is 234 g/mol. The van der Waals surface area contributed by atoms with E-state index in [0.717, 1.165) is 34.3 Å². The Balaban J connectivity index is 2.36. The standard InChI is InChI=1S/C11H14N4S/c1-7-9(6-10-13-4-5-16-10)14-8(2)15-11(7)12-3/h4-5H,6H2,1-3H3,(H,12,14,15). The van der Waals surface area contributed by atoms with Crippen LogP contribution in [0.1, 0.15) is 22.1 Å². The second-order valence-corrected chi connectivity index (χ2v) is 4.52. The Morgan fingerprint density at radius 3 is 2.75 bits per heavy atom. The summed E-state index contributed by atoms with van der Waals surface area (Å²) in [6.07, 6.45) is 2.60. The van der Waals surface area contributed by atoms with Gasteiger partial charge in [-0.25, -0.2) is 15.0 Å². The minimum absolute atomic E-state index is 0.779. The number of nitrogens with zero attached hydrogens (tertiary/aromatic N) is 3. The fourth-order valence-electron chi connectivity index (χ4n) is 1.59. The van der Waals surface area contributed by atoms with Gasteiger partial charge in [0, 0.05) is 30.6 Å². The highest BCUT2D eigenvalue weighted by Crippen LogP contribution is 2.18. The van der Waals surface area contributed by atoms with Crippen molar-refractivity contribution in [3.05, 3.63) is 33.7 Å². The predicted molar refractivity (Wildman–Crippen MR) is 66.0 cm³/mol. The van der Waals surface area contributed by atoms with Crippen molar-refractivity contribution in [2.45, 2.75) is 20.3 Å². The Bertz CT molecular complexity index is 479. The maximum atomic E-state index is 4.47. The molecule has 0 aliphatic heterocycles. The molecule has 0 aliphatic carbocycles. The van der Waals surface area contributed by atoms with E-state index >= 15 is 0 Å². The van der Waals surface area contributed by atoms with Crippen LogP contribution in [0.3, 0.4) is 0 Å². The highest BCUT2D eigenvalue weighted by atomic mass is 32.1. The molecule has 5 heteroatoms. The summed E-state index contributed by atoms with van der Waals surface area (Å²) < 4.78 is 0. The van der Waals surface area contributed by atoms with Crippen molar-refractivity contribution in [3.8, 4) is 0 Å². The van der Waals surface area contributed by atoms with Crippen LogP contribution in [0, 0.1) is 13.8 Å². The molecule has 0 radical (unpaired) electrons. The van der Waals surface area contributed by atoms with E-state index in [1.807, 2.05) is 32.5 Å². The quantitative estimate of drug-likeness (QED) is 0.884. The van der Waals surface area contributed by atoms with Crippen LogP contribution in [0.5, 0.6) is 0 Å². The molecule has 2 rings (SSSR count). The van der Waals surface area contributed by atoms with Crippen molar-refractivity contribution in [1.82, 2.24) is 15.0 Å². The minimum Gasteiger partial charge on any atom is -0.373 e. The maximum Gasteiger partial charge on any atom is 0.132 e. The summed E-state index contributed by atoms with van der Waals surface area (Å²) in [7, 11) is 1.88. The normalized spacial score (nSPS) is 10.4. The third kappa shape index (κ3) is 2.19. The van der Waals surface area contributed by atoms with Gasteiger partial charge in [-0.1, -0.05) is 0 Å². The SMILES string of the molecule is CNc1nc(C)nc(Cc2nccs2)c1C. The first-order valence-electron chi connectivity index (χ1n) is 5.11. The summed E-state index contributed by atoms with van der Waals surface area (Å²) in [6.45, 7) is 3.94. The Morgan fingerprint density at radius 2 is 2.12 bits per heavy atom. The Morgan fingerprint density at radius 1 is 1.31 bits per heavy atom. The summed E-state index contributed by atoms with van der Waals surface area (Å²) >= 11 is 1.65. The Kier molecular flexibility index (Phi) is 3.14. The van der Waals surface area contributed by atoms with Gasteiger partial charge in [-0.3, -0.25) is 0 Å². The first-order chi connectivity index (χ1) is 7.70. The van der Waals surface area contributed by atoms with Crippen LogP contribution in [0.25, 0.3) is 0 Å². The third-order valence-electron chi connectivity index (χ3n) is 2.40. The molecule has 4 nitrogen and oxygen atoms in total. The predicted octanol–water partition coefficient (Wildman–Crippen LogP) is 2.18. The molecule has 84 valence electrons. The summed E-state index contributed by atoms with van der Waals surface area (Å²) in [5, 5.41) is 6.16. The van der Waals surface area contributed by atoms with Gasteiger partial charge in [0.15, 0.2) is 0 Å². The Hall–Kier alpha value is -1.49. The number of thiazole rings is 1. The second-order valence-electron chi connectivity index (χ2n) is 3.54. The van der Waals surface area contributed by atoms with Crippen molar-refractivity contribution in [1.29, 1.82) is 0 Å². The van der Waals surface area contributed by atoms with Crippen molar-refractivity contribution in [2.24, 2.45) is 0 Å². The first-order valence-corrected chi connectivity index (χ1v) is 5.99. The number of rotatable bonds is 3. The van der Waals surface area contributed by atoms with Crippen molar-refractivity contribution in [2.75, 3.05) is 12.4 Å². The summed E-state index contributed by atoms with van der Waals surface area (Å²) in [4.78, 5) is 13.1. The van der Waals surface area contributed by atoms with Crippen LogP contribution in [0.2, 0.25) is 0 Å². The van der Waals surface area contributed by atoms with Gasteiger partial charge in [-0.2, -0.15) is 0 Å². The molecule has 0 amide bonds. The van der Waals surface area contributed by atoms with Crippen molar-refractivity contribution >= 4 is 17.2 Å². The van der Waals surface area contributed by atoms with Crippen LogP contribution in [0.15, 0.2) is 11.6 Å². The van der Waals surface area contributed by atoms with Crippen LogP contribution >= 0.6 is 11.3 Å². The molecule has 0 fully saturated rings. The van der Waals surface area contributed by atoms with Gasteiger partial charge in [-0.15, -0.1) is 11.3 Å². The largest absolute Gasteiger partial charge is 0.373 e. The lowest BCUT2D eigenvalue weighted by Gasteiger charge is -2.09. The van der Waals surface area contributed by atoms with E-state index in [1.165, 1.54) is 0 Å². The molecule has 0 saturated carbocycles. The number of anilines is 1. The zero-order valence-electron chi connectivity index (χ0n) is 9.61. The Labute approximate surface area is 98.8 Å². The van der Waals surface area contributed by atoms with Gasteiger partial charge in [0.1, 0.15) is 11.6 Å². The fraction of sp³-hybridized carbons (Fsp3) is 0.364. The molecular formula is C11H14N4S. The molecule has 0 atom stereocenters. The lowest BCUT2D eigenvalue weighted by atomic mass is 10.2. The smallest absolute Gasteiger partial charge is 0.132 e. The van der Waals surface area contributed by atoms with E-state index < -0.39 is 0 Å². The summed E-state index contributed by atoms with van der Waals surface area (Å²) in [6, 6.07) is 0. The average molecular weight is 234 g/mol. The molecule has 2 heterocycles. The van der Waals surface area contributed by atoms with Gasteiger partial charge in [0.2, 0.25) is 0 Å². The lowest BCUT2D eigenvalue weighted by molar-refractivity contribution is 0.940. The summed E-state index contributed by atoms with van der Waals surface area (Å²) in [5.41, 5.74) is 2.15. The molecule has 0 aromatic carbocycles. The number of aryl methyl sites for hydroxylation is 1. The highest BCUT2D eigenvalue weighted by Gasteiger charge is 2.09. The van der Waals surface area contributed by atoms with E-state index in [9.17, 15) is 0 Å². The van der Waals surface area contributed by atoms with Crippen LogP contribution in [-0.2, 0) is 6.42 Å². The molecule has 16 heavy (non-hydrogen) atoms. The molecule has 0 aliphatic rings. The van der Waals surface area contributed by atoms with Crippen LogP contribution < -0.4 is 5.32 Å². The first kappa shape index (κ1) is 11.0. The van der Waals surface area contributed by atoms with E-state index in [0.29, 0.717) is 0 Å². The fourth-order valence-corrected chi connectivity index (χ4v) is 2.21. The molecule has 0 bridgehead atoms. The number of hydrogen-bond donors (Lipinski definition) is 1. The molecular weight excluding hydrogens is 220 g/mol. The molecule has 2 aromatic heterocycles. The highest BCUT2D eigenvalue weighted by molar-refractivity contribution is 7.09. The second kappa shape index (κ2) is 4.57. The molecule has 0 spiro atoms. The van der Waals surface area contributed by atoms with E-state index in [-0.39, 0.29) is 0 Å². The minimum atomic E-state index is 0.779. The number of nitrogens with one attached hydrogen (secondary N) is 1. The maximum absolute atomic E-state index is 4.47. The van der Waals surface area contributed by atoms with Gasteiger partial charge in [0.25, 0.3) is 0 Å². The van der Waals surface area contributed by atoms with Gasteiger partial charge < -0.3 is 5.32 Å². The lowest BCUT2D eigenvalue weighted by Crippen LogP contribution is -2.05. The van der Waals surface area contributed by atoms with Gasteiger partial charge in [0.05, 0.1) is 10.7 Å². The zero-order valence-corrected chi connectivity index (χ0v) is 10.4. The van der Waals surface area contributed by atoms with Crippen LogP contribution in [-0.4, -0.2) is 22.0 Å². The molecule has 0 unspecified atom stereocenters. The zero-order chi connectivity index (χ0) is 11.5. The van der Waals surface area contributed by atoms with E-state index in [4.69, 9.17) is 0 Å². The van der Waals surface area contributed by atoms with Crippen molar-refractivity contribution in [3.63, 3.8) is 0 Å². The third-order valence-corrected chi connectivity index (χ3v) is 3.18. The topological polar surface area (TPSA) is 50.7 Å². The average Bonchev–Trinajstić information content (AvgIpc) is 2.75. The van der Waals surface area contributed by atoms with Gasteiger partial charge >= 0.3 is 0 Å². The summed E-state index contributed by atoms with van der Waals surface area (Å²) in [5.74, 6) is 1.69. The number of hydrogen-bond acceptors (Lipinski definition) is 5. The number of aromatic nitrogens is 3. The van der Waals surface area contributed by atoms with E-state index in [2.05, 4.69) is 20.3 Å².